The van der Waals surface area contributed by atoms with Gasteiger partial charge in [0.2, 0.25) is 0 Å². The zero-order chi connectivity index (χ0) is 23.4. The first kappa shape index (κ1) is 23.0. The van der Waals surface area contributed by atoms with Crippen LogP contribution in [0.3, 0.4) is 0 Å². The predicted octanol–water partition coefficient (Wildman–Crippen LogP) is 6.30. The second kappa shape index (κ2) is 10.2. The molecular weight excluding hydrogens is 458 g/mol. The summed E-state index contributed by atoms with van der Waals surface area (Å²) in [7, 11) is 0. The van der Waals surface area contributed by atoms with Gasteiger partial charge in [0.1, 0.15) is 0 Å². The van der Waals surface area contributed by atoms with Crippen LogP contribution >= 0.6 is 22.9 Å². The lowest BCUT2D eigenvalue weighted by molar-refractivity contribution is 0.0984. The molecule has 0 unspecified atom stereocenters. The number of aromatic nitrogens is 2. The van der Waals surface area contributed by atoms with Crippen molar-refractivity contribution in [1.29, 1.82) is 0 Å². The van der Waals surface area contributed by atoms with Crippen molar-refractivity contribution in [3.8, 4) is 11.5 Å². The summed E-state index contributed by atoms with van der Waals surface area (Å²) in [6, 6.07) is 14.6. The largest absolute Gasteiger partial charge is 0.490 e. The lowest BCUT2D eigenvalue weighted by Gasteiger charge is -2.20. The van der Waals surface area contributed by atoms with Crippen LogP contribution in [0, 0.1) is 6.92 Å². The fourth-order valence-corrected chi connectivity index (χ4v) is 4.74. The van der Waals surface area contributed by atoms with Crippen molar-refractivity contribution in [2.24, 2.45) is 0 Å². The monoisotopic (exact) mass is 481 g/mol. The second-order valence-electron chi connectivity index (χ2n) is 7.28. The topological polar surface area (TPSA) is 64.5 Å². The van der Waals surface area contributed by atoms with E-state index in [1.54, 1.807) is 29.3 Å². The third kappa shape index (κ3) is 4.94. The molecule has 2 heterocycles. The minimum absolute atomic E-state index is 0.211. The molecule has 0 bridgehead atoms. The zero-order valence-electron chi connectivity index (χ0n) is 18.7. The van der Waals surface area contributed by atoms with Crippen molar-refractivity contribution in [2.45, 2.75) is 27.3 Å². The summed E-state index contributed by atoms with van der Waals surface area (Å²) in [5.41, 5.74) is 3.02. The fraction of sp³-hybridized carbons (Fsp3) is 0.240. The molecule has 0 saturated carbocycles. The number of hydrogen-bond donors (Lipinski definition) is 0. The fourth-order valence-electron chi connectivity index (χ4n) is 3.43. The van der Waals surface area contributed by atoms with E-state index >= 15 is 0 Å². The van der Waals surface area contributed by atoms with Crippen LogP contribution in [0.2, 0.25) is 5.02 Å². The minimum Gasteiger partial charge on any atom is -0.490 e. The van der Waals surface area contributed by atoms with Gasteiger partial charge in [0, 0.05) is 11.8 Å². The van der Waals surface area contributed by atoms with E-state index in [1.165, 1.54) is 11.3 Å². The first-order chi connectivity index (χ1) is 16.0. The number of amides is 1. The van der Waals surface area contributed by atoms with Crippen molar-refractivity contribution < 1.29 is 14.3 Å². The molecule has 2 aromatic heterocycles. The summed E-state index contributed by atoms with van der Waals surface area (Å²) in [6.07, 6.45) is 1.71. The lowest BCUT2D eigenvalue weighted by atomic mass is 10.1. The highest BCUT2D eigenvalue weighted by atomic mass is 35.5. The molecule has 0 N–H and O–H groups in total. The zero-order valence-corrected chi connectivity index (χ0v) is 20.2. The van der Waals surface area contributed by atoms with E-state index in [2.05, 4.69) is 4.98 Å². The molecule has 0 aliphatic rings. The SMILES string of the molecule is CCOc1ccc(C(=O)N(Cc2ccccn2)c2nc3c(C)ccc(Cl)c3s2)cc1OCC. The van der Waals surface area contributed by atoms with Crippen LogP contribution in [-0.2, 0) is 6.54 Å². The number of pyridine rings is 1. The number of fused-ring (bicyclic) bond motifs is 1. The summed E-state index contributed by atoms with van der Waals surface area (Å²) in [6.45, 7) is 7.02. The number of benzene rings is 2. The number of anilines is 1. The van der Waals surface area contributed by atoms with Crippen molar-refractivity contribution >= 4 is 44.2 Å². The maximum absolute atomic E-state index is 13.8. The van der Waals surface area contributed by atoms with E-state index in [0.717, 1.165) is 21.5 Å². The highest BCUT2D eigenvalue weighted by Gasteiger charge is 2.24. The summed E-state index contributed by atoms with van der Waals surface area (Å²) < 4.78 is 12.2. The molecule has 0 saturated heterocycles. The molecule has 1 amide bonds. The summed E-state index contributed by atoms with van der Waals surface area (Å²) in [4.78, 5) is 24.6. The first-order valence-corrected chi connectivity index (χ1v) is 11.9. The van der Waals surface area contributed by atoms with Crippen molar-refractivity contribution in [1.82, 2.24) is 9.97 Å². The van der Waals surface area contributed by atoms with Gasteiger partial charge in [-0.2, -0.15) is 0 Å². The maximum atomic E-state index is 13.8. The molecule has 0 aliphatic carbocycles. The van der Waals surface area contributed by atoms with E-state index in [9.17, 15) is 4.79 Å². The van der Waals surface area contributed by atoms with Crippen LogP contribution < -0.4 is 14.4 Å². The second-order valence-corrected chi connectivity index (χ2v) is 8.66. The Morgan fingerprint density at radius 1 is 1.06 bits per heavy atom. The molecule has 0 radical (unpaired) electrons. The van der Waals surface area contributed by atoms with E-state index in [-0.39, 0.29) is 12.5 Å². The molecule has 0 atom stereocenters. The molecule has 33 heavy (non-hydrogen) atoms. The summed E-state index contributed by atoms with van der Waals surface area (Å²) in [5.74, 6) is 0.929. The standard InChI is InChI=1S/C25H24ClN3O3S/c1-4-31-20-12-10-17(14-21(20)32-5-2)24(30)29(15-18-8-6-7-13-27-18)25-28-22-16(3)9-11-19(26)23(22)33-25/h6-14H,4-5,15H2,1-3H3. The van der Waals surface area contributed by atoms with Gasteiger partial charge in [-0.05, 0) is 62.7 Å². The third-order valence-electron chi connectivity index (χ3n) is 5.00. The van der Waals surface area contributed by atoms with Gasteiger partial charge in [0.15, 0.2) is 16.6 Å². The van der Waals surface area contributed by atoms with Crippen molar-refractivity contribution in [3.05, 3.63) is 76.6 Å². The maximum Gasteiger partial charge on any atom is 0.260 e. The van der Waals surface area contributed by atoms with Crippen LogP contribution in [0.25, 0.3) is 10.2 Å². The molecule has 8 heteroatoms. The van der Waals surface area contributed by atoms with Gasteiger partial charge in [-0.1, -0.05) is 35.1 Å². The molecule has 2 aromatic carbocycles. The number of carbonyl (C=O) groups is 1. The van der Waals surface area contributed by atoms with Crippen LogP contribution in [0.15, 0.2) is 54.7 Å². The van der Waals surface area contributed by atoms with Crippen LogP contribution in [0.1, 0.15) is 35.5 Å². The number of aryl methyl sites for hydroxylation is 1. The van der Waals surface area contributed by atoms with E-state index < -0.39 is 0 Å². The van der Waals surface area contributed by atoms with Gasteiger partial charge in [-0.25, -0.2) is 4.98 Å². The number of thiazole rings is 1. The molecule has 0 spiro atoms. The van der Waals surface area contributed by atoms with Crippen LogP contribution in [0.4, 0.5) is 5.13 Å². The Morgan fingerprint density at radius 2 is 1.85 bits per heavy atom. The van der Waals surface area contributed by atoms with E-state index in [0.29, 0.717) is 40.4 Å². The third-order valence-corrected chi connectivity index (χ3v) is 6.54. The molecule has 4 rings (SSSR count). The van der Waals surface area contributed by atoms with E-state index in [4.69, 9.17) is 26.1 Å². The Kier molecular flexibility index (Phi) is 7.11. The first-order valence-electron chi connectivity index (χ1n) is 10.7. The summed E-state index contributed by atoms with van der Waals surface area (Å²) in [5, 5.41) is 1.17. The number of halogens is 1. The molecule has 4 aromatic rings. The Labute approximate surface area is 201 Å². The Balaban J connectivity index is 1.78. The molecule has 0 aliphatic heterocycles. The Hall–Kier alpha value is -3.16. The normalized spacial score (nSPS) is 10.9. The Bertz CT molecular complexity index is 1240. The van der Waals surface area contributed by atoms with Gasteiger partial charge < -0.3 is 9.47 Å². The highest BCUT2D eigenvalue weighted by molar-refractivity contribution is 7.23. The molecule has 6 nitrogen and oxygen atoms in total. The van der Waals surface area contributed by atoms with E-state index in [1.807, 2.05) is 51.1 Å². The predicted molar refractivity (Wildman–Crippen MR) is 133 cm³/mol. The molecule has 0 fully saturated rings. The number of carbonyl (C=O) groups excluding carboxylic acids is 1. The van der Waals surface area contributed by atoms with Crippen molar-refractivity contribution in [2.75, 3.05) is 18.1 Å². The Morgan fingerprint density at radius 3 is 2.55 bits per heavy atom. The highest BCUT2D eigenvalue weighted by Crippen LogP contribution is 2.37. The van der Waals surface area contributed by atoms with Gasteiger partial charge >= 0.3 is 0 Å². The summed E-state index contributed by atoms with van der Waals surface area (Å²) >= 11 is 7.82. The van der Waals surface area contributed by atoms with Gasteiger partial charge in [-0.15, -0.1) is 0 Å². The molecular formula is C25H24ClN3O3S. The van der Waals surface area contributed by atoms with Crippen molar-refractivity contribution in [3.63, 3.8) is 0 Å². The van der Waals surface area contributed by atoms with Gasteiger partial charge in [0.05, 0.1) is 40.7 Å². The number of nitrogens with zero attached hydrogens (tertiary/aromatic N) is 3. The smallest absolute Gasteiger partial charge is 0.260 e. The molecule has 170 valence electrons. The number of ether oxygens (including phenoxy) is 2. The quantitative estimate of drug-likeness (QED) is 0.295. The number of rotatable bonds is 8. The number of hydrogen-bond acceptors (Lipinski definition) is 6. The average Bonchev–Trinajstić information content (AvgIpc) is 3.28. The lowest BCUT2D eigenvalue weighted by Crippen LogP contribution is -2.30. The van der Waals surface area contributed by atoms with Gasteiger partial charge in [-0.3, -0.25) is 14.7 Å². The average molecular weight is 482 g/mol. The minimum atomic E-state index is -0.211. The van der Waals surface area contributed by atoms with Crippen LogP contribution in [-0.4, -0.2) is 29.1 Å². The van der Waals surface area contributed by atoms with Gasteiger partial charge in [0.25, 0.3) is 5.91 Å². The van der Waals surface area contributed by atoms with Crippen LogP contribution in [0.5, 0.6) is 11.5 Å².